The Morgan fingerprint density at radius 3 is 2.50 bits per heavy atom. The number of halogens is 2. The average Bonchev–Trinajstić information content (AvgIpc) is 3.17. The zero-order valence-corrected chi connectivity index (χ0v) is 18.6. The minimum Gasteiger partial charge on any atom is -0.444 e. The third-order valence-corrected chi connectivity index (χ3v) is 4.39. The van der Waals surface area contributed by atoms with E-state index in [9.17, 15) is 14.0 Å². The van der Waals surface area contributed by atoms with Gasteiger partial charge in [-0.2, -0.15) is 0 Å². The molecule has 9 heteroatoms. The van der Waals surface area contributed by atoms with Gasteiger partial charge in [0.15, 0.2) is 11.7 Å². The molecule has 0 unspecified atom stereocenters. The van der Waals surface area contributed by atoms with E-state index in [1.165, 1.54) is 12.1 Å². The second-order valence-electron chi connectivity index (χ2n) is 7.99. The van der Waals surface area contributed by atoms with Gasteiger partial charge in [0, 0.05) is 23.4 Å². The molecule has 0 spiro atoms. The van der Waals surface area contributed by atoms with Crippen LogP contribution in [-0.4, -0.2) is 22.6 Å². The van der Waals surface area contributed by atoms with Crippen LogP contribution >= 0.6 is 11.6 Å². The molecule has 0 radical (unpaired) electrons. The monoisotopic (exact) mass is 459 g/mol. The van der Waals surface area contributed by atoms with Crippen LogP contribution in [0, 0.1) is 5.82 Å². The maximum atomic E-state index is 13.7. The Balaban J connectivity index is 1.61. The van der Waals surface area contributed by atoms with Gasteiger partial charge in [0.1, 0.15) is 11.4 Å². The highest BCUT2D eigenvalue weighted by atomic mass is 35.5. The van der Waals surface area contributed by atoms with Gasteiger partial charge in [0.2, 0.25) is 5.91 Å². The van der Waals surface area contributed by atoms with Gasteiger partial charge >= 0.3 is 6.09 Å². The minimum absolute atomic E-state index is 0.0446. The van der Waals surface area contributed by atoms with E-state index in [2.05, 4.69) is 15.6 Å². The van der Waals surface area contributed by atoms with Crippen molar-refractivity contribution in [3.8, 4) is 11.3 Å². The lowest BCUT2D eigenvalue weighted by Gasteiger charge is -2.20. The highest BCUT2D eigenvalue weighted by Crippen LogP contribution is 2.25. The summed E-state index contributed by atoms with van der Waals surface area (Å²) in [5, 5.41) is 5.73. The molecule has 0 saturated heterocycles. The van der Waals surface area contributed by atoms with Crippen molar-refractivity contribution in [2.75, 3.05) is 10.6 Å². The number of benzene rings is 2. The van der Waals surface area contributed by atoms with Crippen LogP contribution in [0.5, 0.6) is 0 Å². The molecular formula is C23H23ClFN3O4. The van der Waals surface area contributed by atoms with Crippen molar-refractivity contribution < 1.29 is 23.1 Å². The molecule has 168 valence electrons. The number of hydrogen-bond donors (Lipinski definition) is 2. The van der Waals surface area contributed by atoms with Gasteiger partial charge in [-0.15, -0.1) is 0 Å². The van der Waals surface area contributed by atoms with Crippen molar-refractivity contribution in [3.63, 3.8) is 0 Å². The standard InChI is InChI=1S/C23H23ClFN3O4/c1-23(2,3)32-22(30)28-17-9-8-16(25)12-18(17)27-20(29)10-11-21-26-13-19(31-21)14-4-6-15(24)7-5-14/h4-9,12-13H,10-11H2,1-3H3,(H,27,29)(H,28,30). The third kappa shape index (κ3) is 6.81. The molecule has 7 nitrogen and oxygen atoms in total. The van der Waals surface area contributed by atoms with Crippen LogP contribution in [0.2, 0.25) is 5.02 Å². The second-order valence-corrected chi connectivity index (χ2v) is 8.43. The maximum absolute atomic E-state index is 13.7. The van der Waals surface area contributed by atoms with E-state index in [1.807, 2.05) is 12.1 Å². The molecule has 3 aromatic rings. The number of carbonyl (C=O) groups is 2. The lowest BCUT2D eigenvalue weighted by molar-refractivity contribution is -0.116. The van der Waals surface area contributed by atoms with E-state index in [0.29, 0.717) is 16.7 Å². The molecule has 2 N–H and O–H groups in total. The summed E-state index contributed by atoms with van der Waals surface area (Å²) in [5.74, 6) is -0.00748. The van der Waals surface area contributed by atoms with Crippen molar-refractivity contribution >= 4 is 35.0 Å². The summed E-state index contributed by atoms with van der Waals surface area (Å²) in [6.07, 6.45) is 1.15. The molecular weight excluding hydrogens is 437 g/mol. The van der Waals surface area contributed by atoms with Crippen molar-refractivity contribution in [1.82, 2.24) is 4.98 Å². The smallest absolute Gasteiger partial charge is 0.412 e. The van der Waals surface area contributed by atoms with Crippen molar-refractivity contribution in [2.24, 2.45) is 0 Å². The Kier molecular flexibility index (Phi) is 7.15. The van der Waals surface area contributed by atoms with Crippen molar-refractivity contribution in [1.29, 1.82) is 0 Å². The molecule has 0 saturated carbocycles. The predicted molar refractivity (Wildman–Crippen MR) is 120 cm³/mol. The predicted octanol–water partition coefficient (Wildman–Crippen LogP) is 6.05. The minimum atomic E-state index is -0.714. The molecule has 2 amide bonds. The zero-order valence-electron chi connectivity index (χ0n) is 17.9. The Morgan fingerprint density at radius 2 is 1.81 bits per heavy atom. The molecule has 0 fully saturated rings. The zero-order chi connectivity index (χ0) is 23.3. The molecule has 0 aliphatic carbocycles. The summed E-state index contributed by atoms with van der Waals surface area (Å²) in [7, 11) is 0. The van der Waals surface area contributed by atoms with Gasteiger partial charge in [-0.05, 0) is 63.2 Å². The topological polar surface area (TPSA) is 93.5 Å². The lowest BCUT2D eigenvalue weighted by atomic mass is 10.2. The van der Waals surface area contributed by atoms with E-state index in [4.69, 9.17) is 20.8 Å². The number of ether oxygens (including phenoxy) is 1. The molecule has 0 aliphatic heterocycles. The third-order valence-electron chi connectivity index (χ3n) is 4.14. The van der Waals surface area contributed by atoms with Gasteiger partial charge in [0.05, 0.1) is 17.6 Å². The van der Waals surface area contributed by atoms with Gasteiger partial charge < -0.3 is 14.5 Å². The van der Waals surface area contributed by atoms with Crippen LogP contribution < -0.4 is 10.6 Å². The molecule has 0 aliphatic rings. The summed E-state index contributed by atoms with van der Waals surface area (Å²) >= 11 is 5.89. The summed E-state index contributed by atoms with van der Waals surface area (Å²) in [6.45, 7) is 5.17. The number of oxazole rings is 1. The van der Waals surface area contributed by atoms with E-state index in [-0.39, 0.29) is 24.2 Å². The second kappa shape index (κ2) is 9.82. The fourth-order valence-electron chi connectivity index (χ4n) is 2.75. The Bertz CT molecular complexity index is 1110. The first kappa shape index (κ1) is 23.3. The van der Waals surface area contributed by atoms with Gasteiger partial charge in [-0.25, -0.2) is 14.2 Å². The average molecular weight is 460 g/mol. The number of nitrogens with one attached hydrogen (secondary N) is 2. The summed E-state index contributed by atoms with van der Waals surface area (Å²) in [4.78, 5) is 28.6. The lowest BCUT2D eigenvalue weighted by Crippen LogP contribution is -2.27. The quantitative estimate of drug-likeness (QED) is 0.467. The normalized spacial score (nSPS) is 11.2. The highest BCUT2D eigenvalue weighted by molar-refractivity contribution is 6.30. The number of aromatic nitrogens is 1. The van der Waals surface area contributed by atoms with Crippen LogP contribution in [0.3, 0.4) is 0 Å². The number of nitrogens with zero attached hydrogens (tertiary/aromatic N) is 1. The van der Waals surface area contributed by atoms with Crippen LogP contribution in [0.4, 0.5) is 20.6 Å². The van der Waals surface area contributed by atoms with Gasteiger partial charge in [-0.3, -0.25) is 10.1 Å². The molecule has 32 heavy (non-hydrogen) atoms. The summed E-state index contributed by atoms with van der Waals surface area (Å²) in [5.41, 5.74) is 0.453. The van der Waals surface area contributed by atoms with Gasteiger partial charge in [0.25, 0.3) is 0 Å². The Hall–Kier alpha value is -3.39. The number of amides is 2. The largest absolute Gasteiger partial charge is 0.444 e. The number of rotatable bonds is 6. The SMILES string of the molecule is CC(C)(C)OC(=O)Nc1ccc(F)cc1NC(=O)CCc1ncc(-c2ccc(Cl)cc2)o1. The molecule has 1 aromatic heterocycles. The van der Waals surface area contributed by atoms with Crippen LogP contribution in [0.15, 0.2) is 53.1 Å². The number of hydrogen-bond acceptors (Lipinski definition) is 5. The van der Waals surface area contributed by atoms with E-state index < -0.39 is 23.4 Å². The van der Waals surface area contributed by atoms with Crippen molar-refractivity contribution in [3.05, 3.63) is 65.4 Å². The molecule has 0 atom stereocenters. The first-order chi connectivity index (χ1) is 15.1. The number of anilines is 2. The van der Waals surface area contributed by atoms with E-state index in [0.717, 1.165) is 11.6 Å². The number of carbonyl (C=O) groups excluding carboxylic acids is 2. The molecule has 0 bridgehead atoms. The van der Waals surface area contributed by atoms with E-state index in [1.54, 1.807) is 39.1 Å². The Labute approximate surface area is 189 Å². The van der Waals surface area contributed by atoms with Crippen LogP contribution in [0.25, 0.3) is 11.3 Å². The maximum Gasteiger partial charge on any atom is 0.412 e. The number of aryl methyl sites for hydroxylation is 1. The van der Waals surface area contributed by atoms with Crippen LogP contribution in [0.1, 0.15) is 33.1 Å². The highest BCUT2D eigenvalue weighted by Gasteiger charge is 2.18. The van der Waals surface area contributed by atoms with Crippen LogP contribution in [-0.2, 0) is 16.0 Å². The Morgan fingerprint density at radius 1 is 1.09 bits per heavy atom. The van der Waals surface area contributed by atoms with Gasteiger partial charge in [-0.1, -0.05) is 11.6 Å². The first-order valence-corrected chi connectivity index (χ1v) is 10.3. The fraction of sp³-hybridized carbons (Fsp3) is 0.261. The molecule has 3 rings (SSSR count). The molecule has 1 heterocycles. The van der Waals surface area contributed by atoms with E-state index >= 15 is 0 Å². The first-order valence-electron chi connectivity index (χ1n) is 9.89. The summed E-state index contributed by atoms with van der Waals surface area (Å²) < 4.78 is 24.6. The van der Waals surface area contributed by atoms with Crippen molar-refractivity contribution in [2.45, 2.75) is 39.2 Å². The summed E-state index contributed by atoms with van der Waals surface area (Å²) in [6, 6.07) is 10.7. The molecule has 2 aromatic carbocycles. The fourth-order valence-corrected chi connectivity index (χ4v) is 2.88.